The van der Waals surface area contributed by atoms with Crippen LogP contribution in [0, 0.1) is 0 Å². The highest BCUT2D eigenvalue weighted by Gasteiger charge is 2.13. The standard InChI is InChI=1S/C19H31N3O2S/c1-3-20-19(21-9-12-25-2)22-14-16-5-4-6-17(13-16)15-24-18-7-10-23-11-8-18/h4-6,13,18H,3,7-12,14-15H2,1-2H3,(H2,20,21,22). The Labute approximate surface area is 156 Å². The van der Waals surface area contributed by atoms with Gasteiger partial charge in [0.05, 0.1) is 19.3 Å². The van der Waals surface area contributed by atoms with Gasteiger partial charge in [0.25, 0.3) is 0 Å². The summed E-state index contributed by atoms with van der Waals surface area (Å²) in [7, 11) is 0. The summed E-state index contributed by atoms with van der Waals surface area (Å²) in [5.41, 5.74) is 2.41. The molecule has 0 atom stereocenters. The summed E-state index contributed by atoms with van der Waals surface area (Å²) in [4.78, 5) is 4.67. The topological polar surface area (TPSA) is 54.9 Å². The summed E-state index contributed by atoms with van der Waals surface area (Å²) in [5.74, 6) is 1.95. The fourth-order valence-electron chi connectivity index (χ4n) is 2.66. The molecule has 1 saturated heterocycles. The molecule has 1 fully saturated rings. The van der Waals surface area contributed by atoms with Gasteiger partial charge in [-0.3, -0.25) is 0 Å². The molecule has 0 bridgehead atoms. The van der Waals surface area contributed by atoms with Gasteiger partial charge in [0.1, 0.15) is 0 Å². The van der Waals surface area contributed by atoms with E-state index in [1.165, 1.54) is 11.1 Å². The van der Waals surface area contributed by atoms with E-state index in [0.717, 1.165) is 50.9 Å². The molecule has 6 heteroatoms. The van der Waals surface area contributed by atoms with Gasteiger partial charge in [-0.2, -0.15) is 11.8 Å². The Morgan fingerprint density at radius 2 is 2.08 bits per heavy atom. The molecule has 1 aliphatic heterocycles. The van der Waals surface area contributed by atoms with Gasteiger partial charge in [-0.05, 0) is 37.1 Å². The molecule has 0 radical (unpaired) electrons. The van der Waals surface area contributed by atoms with Crippen LogP contribution in [0.1, 0.15) is 30.9 Å². The first kappa shape index (κ1) is 20.1. The molecule has 140 valence electrons. The Kier molecular flexibility index (Phi) is 9.77. The number of rotatable bonds is 9. The van der Waals surface area contributed by atoms with Gasteiger partial charge in [0.15, 0.2) is 5.96 Å². The Morgan fingerprint density at radius 1 is 1.28 bits per heavy atom. The number of hydrogen-bond acceptors (Lipinski definition) is 4. The van der Waals surface area contributed by atoms with Crippen molar-refractivity contribution in [3.8, 4) is 0 Å². The van der Waals surface area contributed by atoms with Crippen molar-refractivity contribution in [1.82, 2.24) is 10.6 Å². The predicted molar refractivity (Wildman–Crippen MR) is 106 cm³/mol. The average Bonchev–Trinajstić information content (AvgIpc) is 2.66. The van der Waals surface area contributed by atoms with Crippen LogP contribution < -0.4 is 10.6 Å². The minimum atomic E-state index is 0.330. The van der Waals surface area contributed by atoms with E-state index in [0.29, 0.717) is 19.3 Å². The maximum absolute atomic E-state index is 6.01. The average molecular weight is 366 g/mol. The molecule has 1 heterocycles. The fourth-order valence-corrected chi connectivity index (χ4v) is 2.96. The number of nitrogens with zero attached hydrogens (tertiary/aromatic N) is 1. The van der Waals surface area contributed by atoms with Gasteiger partial charge in [-0.1, -0.05) is 24.3 Å². The van der Waals surface area contributed by atoms with Crippen molar-refractivity contribution >= 4 is 17.7 Å². The van der Waals surface area contributed by atoms with Crippen molar-refractivity contribution in [2.24, 2.45) is 4.99 Å². The Balaban J connectivity index is 1.84. The number of thioether (sulfide) groups is 1. The van der Waals surface area contributed by atoms with Gasteiger partial charge in [0, 0.05) is 32.1 Å². The van der Waals surface area contributed by atoms with Crippen molar-refractivity contribution in [3.05, 3.63) is 35.4 Å². The van der Waals surface area contributed by atoms with Gasteiger partial charge < -0.3 is 20.1 Å². The molecule has 25 heavy (non-hydrogen) atoms. The number of benzene rings is 1. The number of aliphatic imine (C=N–C) groups is 1. The van der Waals surface area contributed by atoms with Gasteiger partial charge in [-0.25, -0.2) is 4.99 Å². The highest BCUT2D eigenvalue weighted by Crippen LogP contribution is 2.14. The summed E-state index contributed by atoms with van der Waals surface area (Å²) >= 11 is 1.83. The van der Waals surface area contributed by atoms with Crippen LogP contribution in [-0.4, -0.2) is 50.4 Å². The van der Waals surface area contributed by atoms with Gasteiger partial charge in [0.2, 0.25) is 0 Å². The SMILES string of the molecule is CCNC(=NCc1cccc(COC2CCOCC2)c1)NCCSC. The molecule has 0 spiro atoms. The largest absolute Gasteiger partial charge is 0.381 e. The monoisotopic (exact) mass is 365 g/mol. The highest BCUT2D eigenvalue weighted by molar-refractivity contribution is 7.98. The summed E-state index contributed by atoms with van der Waals surface area (Å²) in [5, 5.41) is 6.64. The molecule has 0 amide bonds. The van der Waals surface area contributed by atoms with Crippen LogP contribution in [0.5, 0.6) is 0 Å². The van der Waals surface area contributed by atoms with E-state index in [-0.39, 0.29) is 0 Å². The van der Waals surface area contributed by atoms with E-state index in [9.17, 15) is 0 Å². The second-order valence-electron chi connectivity index (χ2n) is 6.06. The van der Waals surface area contributed by atoms with Crippen LogP contribution in [0.4, 0.5) is 0 Å². The molecule has 0 unspecified atom stereocenters. The normalized spacial score (nSPS) is 16.0. The van der Waals surface area contributed by atoms with E-state index in [1.54, 1.807) is 0 Å². The lowest BCUT2D eigenvalue weighted by Gasteiger charge is -2.22. The lowest BCUT2D eigenvalue weighted by atomic mass is 10.1. The Hall–Kier alpha value is -1.24. The summed E-state index contributed by atoms with van der Waals surface area (Å²) in [6.07, 6.45) is 4.44. The smallest absolute Gasteiger partial charge is 0.191 e. The number of guanidine groups is 1. The first-order valence-corrected chi connectivity index (χ1v) is 10.5. The van der Waals surface area contributed by atoms with Gasteiger partial charge in [-0.15, -0.1) is 0 Å². The van der Waals surface area contributed by atoms with E-state index >= 15 is 0 Å². The predicted octanol–water partition coefficient (Wildman–Crippen LogP) is 2.80. The fraction of sp³-hybridized carbons (Fsp3) is 0.632. The third-order valence-electron chi connectivity index (χ3n) is 4.01. The molecule has 2 N–H and O–H groups in total. The zero-order valence-electron chi connectivity index (χ0n) is 15.4. The number of hydrogen-bond donors (Lipinski definition) is 2. The van der Waals surface area contributed by atoms with Crippen LogP contribution in [0.15, 0.2) is 29.3 Å². The summed E-state index contributed by atoms with van der Waals surface area (Å²) < 4.78 is 11.4. The van der Waals surface area contributed by atoms with Crippen molar-refractivity contribution in [3.63, 3.8) is 0 Å². The van der Waals surface area contributed by atoms with E-state index in [1.807, 2.05) is 11.8 Å². The lowest BCUT2D eigenvalue weighted by molar-refractivity contribution is -0.0390. The highest BCUT2D eigenvalue weighted by atomic mass is 32.2. The second-order valence-corrected chi connectivity index (χ2v) is 7.04. The lowest BCUT2D eigenvalue weighted by Crippen LogP contribution is -2.38. The van der Waals surface area contributed by atoms with Crippen LogP contribution in [0.2, 0.25) is 0 Å². The van der Waals surface area contributed by atoms with Crippen LogP contribution in [0.25, 0.3) is 0 Å². The first-order chi connectivity index (χ1) is 12.3. The van der Waals surface area contributed by atoms with Crippen LogP contribution >= 0.6 is 11.8 Å². The zero-order chi connectivity index (χ0) is 17.7. The third-order valence-corrected chi connectivity index (χ3v) is 4.62. The molecule has 1 aromatic rings. The number of nitrogens with one attached hydrogen (secondary N) is 2. The quantitative estimate of drug-likeness (QED) is 0.400. The molecule has 1 aromatic carbocycles. The van der Waals surface area contributed by atoms with E-state index < -0.39 is 0 Å². The summed E-state index contributed by atoms with van der Waals surface area (Å²) in [6, 6.07) is 8.51. The number of ether oxygens (including phenoxy) is 2. The second kappa shape index (κ2) is 12.2. The van der Waals surface area contributed by atoms with E-state index in [2.05, 4.69) is 53.1 Å². The van der Waals surface area contributed by atoms with Crippen molar-refractivity contribution < 1.29 is 9.47 Å². The molecule has 1 aliphatic rings. The Morgan fingerprint density at radius 3 is 2.84 bits per heavy atom. The third kappa shape index (κ3) is 8.12. The molecule has 0 aromatic heterocycles. The summed E-state index contributed by atoms with van der Waals surface area (Å²) in [6.45, 7) is 6.83. The van der Waals surface area contributed by atoms with Crippen molar-refractivity contribution in [2.45, 2.75) is 39.0 Å². The molecular weight excluding hydrogens is 334 g/mol. The van der Waals surface area contributed by atoms with Crippen molar-refractivity contribution in [1.29, 1.82) is 0 Å². The van der Waals surface area contributed by atoms with E-state index in [4.69, 9.17) is 9.47 Å². The van der Waals surface area contributed by atoms with Crippen LogP contribution in [0.3, 0.4) is 0 Å². The van der Waals surface area contributed by atoms with Crippen LogP contribution in [-0.2, 0) is 22.6 Å². The first-order valence-electron chi connectivity index (χ1n) is 9.10. The maximum atomic E-state index is 6.01. The molecular formula is C19H31N3O2S. The minimum absolute atomic E-state index is 0.330. The minimum Gasteiger partial charge on any atom is -0.381 e. The Bertz CT molecular complexity index is 519. The maximum Gasteiger partial charge on any atom is 0.191 e. The van der Waals surface area contributed by atoms with Crippen molar-refractivity contribution in [2.75, 3.05) is 38.3 Å². The van der Waals surface area contributed by atoms with Gasteiger partial charge >= 0.3 is 0 Å². The molecule has 5 nitrogen and oxygen atoms in total. The zero-order valence-corrected chi connectivity index (χ0v) is 16.2. The molecule has 0 saturated carbocycles. The molecule has 2 rings (SSSR count). The molecule has 0 aliphatic carbocycles.